The van der Waals surface area contributed by atoms with Gasteiger partial charge in [0.2, 0.25) is 0 Å². The lowest BCUT2D eigenvalue weighted by Gasteiger charge is -2.31. The summed E-state index contributed by atoms with van der Waals surface area (Å²) in [6, 6.07) is 3.91. The standard InChI is InChI=1S/C16H18N4O3S/c21-16(12-10-24-19-18-12)20-8-14(15-13(20)4-2-6-22-15)23-9-11-3-1-5-17-7-11/h1,3,5,7,10,13-15H,2,4,6,8-9H2/t13-,14+,15+/m1/s1. The molecule has 2 saturated heterocycles. The zero-order chi connectivity index (χ0) is 16.4. The Hall–Kier alpha value is -1.90. The normalized spacial score (nSPS) is 26.3. The molecule has 0 saturated carbocycles. The fraction of sp³-hybridized carbons (Fsp3) is 0.500. The van der Waals surface area contributed by atoms with Gasteiger partial charge in [-0.2, -0.15) is 0 Å². The molecule has 0 aromatic carbocycles. The molecule has 8 heteroatoms. The van der Waals surface area contributed by atoms with Crippen LogP contribution in [0.1, 0.15) is 28.9 Å². The van der Waals surface area contributed by atoms with Crippen LogP contribution in [0.25, 0.3) is 0 Å². The van der Waals surface area contributed by atoms with Crippen molar-refractivity contribution in [3.8, 4) is 0 Å². The molecule has 0 bridgehead atoms. The van der Waals surface area contributed by atoms with Crippen molar-refractivity contribution in [1.29, 1.82) is 0 Å². The summed E-state index contributed by atoms with van der Waals surface area (Å²) in [5.41, 5.74) is 1.41. The molecule has 0 unspecified atom stereocenters. The predicted octanol–water partition coefficient (Wildman–Crippen LogP) is 1.52. The van der Waals surface area contributed by atoms with Gasteiger partial charge in [-0.1, -0.05) is 10.6 Å². The number of likely N-dealkylation sites (tertiary alicyclic amines) is 1. The molecule has 126 valence electrons. The molecule has 4 heterocycles. The van der Waals surface area contributed by atoms with E-state index in [0.717, 1.165) is 18.4 Å². The Balaban J connectivity index is 1.48. The average molecular weight is 346 g/mol. The molecule has 2 aromatic heterocycles. The van der Waals surface area contributed by atoms with E-state index in [1.165, 1.54) is 11.5 Å². The second-order valence-corrected chi connectivity index (χ2v) is 6.61. The predicted molar refractivity (Wildman–Crippen MR) is 86.5 cm³/mol. The smallest absolute Gasteiger partial charge is 0.275 e. The van der Waals surface area contributed by atoms with Crippen molar-refractivity contribution in [1.82, 2.24) is 19.5 Å². The van der Waals surface area contributed by atoms with Gasteiger partial charge in [-0.15, -0.1) is 5.10 Å². The average Bonchev–Trinajstić information content (AvgIpc) is 3.29. The maximum Gasteiger partial charge on any atom is 0.275 e. The Labute approximate surface area is 143 Å². The van der Waals surface area contributed by atoms with Crippen molar-refractivity contribution in [2.24, 2.45) is 0 Å². The first-order chi connectivity index (χ1) is 11.8. The zero-order valence-electron chi connectivity index (χ0n) is 13.1. The van der Waals surface area contributed by atoms with Gasteiger partial charge >= 0.3 is 0 Å². The number of pyridine rings is 1. The van der Waals surface area contributed by atoms with Crippen LogP contribution in [0.5, 0.6) is 0 Å². The van der Waals surface area contributed by atoms with Gasteiger partial charge in [0, 0.05) is 24.4 Å². The number of hydrogen-bond acceptors (Lipinski definition) is 7. The second kappa shape index (κ2) is 6.92. The van der Waals surface area contributed by atoms with Crippen LogP contribution in [0, 0.1) is 0 Å². The van der Waals surface area contributed by atoms with Crippen LogP contribution in [-0.2, 0) is 16.1 Å². The molecule has 2 aliphatic heterocycles. The number of amides is 1. The number of nitrogens with zero attached hydrogens (tertiary/aromatic N) is 4. The van der Waals surface area contributed by atoms with E-state index in [2.05, 4.69) is 14.6 Å². The Bertz CT molecular complexity index is 682. The van der Waals surface area contributed by atoms with Crippen molar-refractivity contribution in [3.63, 3.8) is 0 Å². The summed E-state index contributed by atoms with van der Waals surface area (Å²) in [6.45, 7) is 1.70. The lowest BCUT2D eigenvalue weighted by molar-refractivity contribution is -0.0810. The van der Waals surface area contributed by atoms with Crippen LogP contribution in [0.4, 0.5) is 0 Å². The lowest BCUT2D eigenvalue weighted by Crippen LogP contribution is -2.44. The molecule has 4 rings (SSSR count). The van der Waals surface area contributed by atoms with E-state index in [9.17, 15) is 4.79 Å². The maximum atomic E-state index is 12.7. The largest absolute Gasteiger partial charge is 0.373 e. The Morgan fingerprint density at radius 2 is 2.46 bits per heavy atom. The number of aromatic nitrogens is 3. The van der Waals surface area contributed by atoms with Gasteiger partial charge in [-0.3, -0.25) is 9.78 Å². The van der Waals surface area contributed by atoms with E-state index in [1.807, 2.05) is 17.0 Å². The molecular formula is C16H18N4O3S. The molecule has 0 spiro atoms. The first-order valence-corrected chi connectivity index (χ1v) is 8.87. The lowest BCUT2D eigenvalue weighted by atomic mass is 10.0. The highest BCUT2D eigenvalue weighted by atomic mass is 32.1. The second-order valence-electron chi connectivity index (χ2n) is 6.00. The molecule has 2 aliphatic rings. The molecule has 2 aromatic rings. The Kier molecular flexibility index (Phi) is 4.50. The fourth-order valence-electron chi connectivity index (χ4n) is 3.38. The first-order valence-electron chi connectivity index (χ1n) is 8.03. The minimum atomic E-state index is -0.133. The van der Waals surface area contributed by atoms with Crippen LogP contribution >= 0.6 is 11.5 Å². The molecule has 2 fully saturated rings. The van der Waals surface area contributed by atoms with Crippen LogP contribution in [-0.4, -0.2) is 56.8 Å². The van der Waals surface area contributed by atoms with E-state index in [1.54, 1.807) is 17.8 Å². The van der Waals surface area contributed by atoms with Gasteiger partial charge in [0.1, 0.15) is 12.2 Å². The third kappa shape index (κ3) is 3.04. The third-order valence-electron chi connectivity index (χ3n) is 4.50. The molecule has 7 nitrogen and oxygen atoms in total. The number of rotatable bonds is 4. The quantitative estimate of drug-likeness (QED) is 0.835. The summed E-state index contributed by atoms with van der Waals surface area (Å²) in [7, 11) is 0. The number of carbonyl (C=O) groups is 1. The molecule has 0 N–H and O–H groups in total. The van der Waals surface area contributed by atoms with Crippen LogP contribution in [0.3, 0.4) is 0 Å². The van der Waals surface area contributed by atoms with Crippen molar-refractivity contribution in [3.05, 3.63) is 41.2 Å². The van der Waals surface area contributed by atoms with Crippen molar-refractivity contribution < 1.29 is 14.3 Å². The van der Waals surface area contributed by atoms with Gasteiger partial charge in [-0.05, 0) is 36.0 Å². The van der Waals surface area contributed by atoms with Crippen molar-refractivity contribution in [2.45, 2.75) is 37.7 Å². The Morgan fingerprint density at radius 3 is 3.25 bits per heavy atom. The highest BCUT2D eigenvalue weighted by Gasteiger charge is 2.47. The van der Waals surface area contributed by atoms with Gasteiger partial charge in [0.15, 0.2) is 5.69 Å². The summed E-state index contributed by atoms with van der Waals surface area (Å²) in [6.07, 6.45) is 5.20. The minimum absolute atomic E-state index is 0.0480. The van der Waals surface area contributed by atoms with E-state index >= 15 is 0 Å². The summed E-state index contributed by atoms with van der Waals surface area (Å²) >= 11 is 1.19. The molecule has 0 radical (unpaired) electrons. The van der Waals surface area contributed by atoms with E-state index in [-0.39, 0.29) is 24.2 Å². The number of hydrogen-bond donors (Lipinski definition) is 0. The SMILES string of the molecule is O=C(c1csnn1)N1C[C@H](OCc2cccnc2)[C@H]2OCCC[C@H]21. The minimum Gasteiger partial charge on any atom is -0.373 e. The third-order valence-corrected chi connectivity index (χ3v) is 5.01. The summed E-state index contributed by atoms with van der Waals surface area (Å²) < 4.78 is 15.8. The Morgan fingerprint density at radius 1 is 1.50 bits per heavy atom. The molecule has 24 heavy (non-hydrogen) atoms. The zero-order valence-corrected chi connectivity index (χ0v) is 13.9. The number of ether oxygens (including phenoxy) is 2. The van der Waals surface area contributed by atoms with Gasteiger partial charge < -0.3 is 14.4 Å². The highest BCUT2D eigenvalue weighted by molar-refractivity contribution is 7.03. The molecule has 0 aliphatic carbocycles. The number of carbonyl (C=O) groups excluding carboxylic acids is 1. The van der Waals surface area contributed by atoms with Crippen LogP contribution in [0.2, 0.25) is 0 Å². The monoisotopic (exact) mass is 346 g/mol. The van der Waals surface area contributed by atoms with Crippen LogP contribution < -0.4 is 0 Å². The summed E-state index contributed by atoms with van der Waals surface area (Å²) in [5.74, 6) is -0.0864. The van der Waals surface area contributed by atoms with E-state index in [0.29, 0.717) is 25.5 Å². The molecule has 1 amide bonds. The summed E-state index contributed by atoms with van der Waals surface area (Å²) in [5, 5.41) is 5.59. The first kappa shape index (κ1) is 15.6. The van der Waals surface area contributed by atoms with Gasteiger partial charge in [0.25, 0.3) is 5.91 Å². The number of fused-ring (bicyclic) bond motifs is 1. The fourth-order valence-corrected chi connectivity index (χ4v) is 3.81. The van der Waals surface area contributed by atoms with E-state index in [4.69, 9.17) is 9.47 Å². The maximum absolute atomic E-state index is 12.7. The summed E-state index contributed by atoms with van der Waals surface area (Å²) in [4.78, 5) is 18.6. The molecule has 3 atom stereocenters. The van der Waals surface area contributed by atoms with Gasteiger partial charge in [-0.25, -0.2) is 0 Å². The van der Waals surface area contributed by atoms with Gasteiger partial charge in [0.05, 0.1) is 19.2 Å². The van der Waals surface area contributed by atoms with E-state index < -0.39 is 0 Å². The topological polar surface area (TPSA) is 77.4 Å². The molecular weight excluding hydrogens is 328 g/mol. The van der Waals surface area contributed by atoms with Crippen molar-refractivity contribution in [2.75, 3.05) is 13.2 Å². The highest BCUT2D eigenvalue weighted by Crippen LogP contribution is 2.32. The van der Waals surface area contributed by atoms with Crippen molar-refractivity contribution >= 4 is 17.4 Å². The van der Waals surface area contributed by atoms with Crippen LogP contribution in [0.15, 0.2) is 29.9 Å².